The van der Waals surface area contributed by atoms with Crippen LogP contribution in [0.2, 0.25) is 0 Å². The van der Waals surface area contributed by atoms with E-state index >= 15 is 0 Å². The van der Waals surface area contributed by atoms with Crippen LogP contribution in [-0.4, -0.2) is 65.9 Å². The lowest BCUT2D eigenvalue weighted by Gasteiger charge is -2.39. The topological polar surface area (TPSA) is 92.9 Å². The van der Waals surface area contributed by atoms with E-state index in [1.807, 2.05) is 30.3 Å². The van der Waals surface area contributed by atoms with Gasteiger partial charge in [-0.2, -0.15) is 5.26 Å². The minimum atomic E-state index is -0.434. The molecule has 2 atom stereocenters. The van der Waals surface area contributed by atoms with Gasteiger partial charge >= 0.3 is 5.97 Å². The molecule has 4 aromatic rings. The Balaban J connectivity index is 1.08. The highest BCUT2D eigenvalue weighted by atomic mass is 19.1. The summed E-state index contributed by atoms with van der Waals surface area (Å²) in [6, 6.07) is 18.3. The number of nitriles is 1. The lowest BCUT2D eigenvalue weighted by Crippen LogP contribution is -2.51. The molecule has 0 radical (unpaired) electrons. The second-order valence-electron chi connectivity index (χ2n) is 11.4. The molecule has 2 fully saturated rings. The first kappa shape index (κ1) is 27.4. The third-order valence-corrected chi connectivity index (χ3v) is 8.78. The molecule has 9 nitrogen and oxygen atoms in total. The molecule has 3 aliphatic rings. The number of hydrogen-bond donors (Lipinski definition) is 0. The number of methoxy groups -OCH3 is 1. The maximum Gasteiger partial charge on any atom is 0.337 e. The molecular weight excluding hydrogens is 549 g/mol. The largest absolute Gasteiger partial charge is 0.488 e. The molecule has 0 saturated carbocycles. The highest BCUT2D eigenvalue weighted by molar-refractivity contribution is 5.93. The van der Waals surface area contributed by atoms with E-state index in [4.69, 9.17) is 24.5 Å². The van der Waals surface area contributed by atoms with E-state index in [1.54, 1.807) is 18.2 Å². The standard InChI is InChI=1S/C33H32FN5O4/c1-41-33(40)22-7-8-28-30(14-22)39(18-25-9-12-42-25)32(36-28)19-37-10-11-38-24(17-37)15-26-29(38)3-2-4-31(26)43-20-23-6-5-21(16-35)13-27(23)34/h2-8,13-14,24-25H,9-12,15,17-20H2,1H3/t24?,25-/m0/s1. The highest BCUT2D eigenvalue weighted by Gasteiger charge is 2.36. The Bertz CT molecular complexity index is 1740. The molecule has 0 N–H and O–H groups in total. The molecule has 0 aliphatic carbocycles. The van der Waals surface area contributed by atoms with Crippen LogP contribution in [0.5, 0.6) is 5.75 Å². The minimum Gasteiger partial charge on any atom is -0.488 e. The molecule has 3 aliphatic heterocycles. The van der Waals surface area contributed by atoms with Crippen LogP contribution in [0.1, 0.15) is 39.3 Å². The van der Waals surface area contributed by atoms with Crippen LogP contribution in [0.4, 0.5) is 10.1 Å². The van der Waals surface area contributed by atoms with Gasteiger partial charge in [0.05, 0.1) is 54.5 Å². The van der Waals surface area contributed by atoms with Crippen molar-refractivity contribution in [2.75, 3.05) is 38.3 Å². The Morgan fingerprint density at radius 3 is 2.84 bits per heavy atom. The molecule has 0 spiro atoms. The van der Waals surface area contributed by atoms with Gasteiger partial charge in [0.1, 0.15) is 24.0 Å². The number of imidazole rings is 1. The van der Waals surface area contributed by atoms with Crippen molar-refractivity contribution in [2.45, 2.75) is 44.7 Å². The average molecular weight is 582 g/mol. The molecule has 1 unspecified atom stereocenters. The number of rotatable bonds is 8. The molecule has 0 bridgehead atoms. The number of anilines is 1. The molecule has 7 rings (SSSR count). The number of carbonyl (C=O) groups is 1. The number of benzene rings is 3. The number of halogens is 1. The predicted octanol–water partition coefficient (Wildman–Crippen LogP) is 4.45. The first-order valence-electron chi connectivity index (χ1n) is 14.6. The summed E-state index contributed by atoms with van der Waals surface area (Å²) in [4.78, 5) is 22.1. The molecule has 4 heterocycles. The molecule has 43 heavy (non-hydrogen) atoms. The van der Waals surface area contributed by atoms with Crippen molar-refractivity contribution in [3.8, 4) is 11.8 Å². The Morgan fingerprint density at radius 1 is 1.19 bits per heavy atom. The second-order valence-corrected chi connectivity index (χ2v) is 11.4. The van der Waals surface area contributed by atoms with Crippen LogP contribution in [0.25, 0.3) is 11.0 Å². The molecule has 1 aromatic heterocycles. The van der Waals surface area contributed by atoms with Crippen molar-refractivity contribution in [3.05, 3.63) is 88.5 Å². The fraction of sp³-hybridized carbons (Fsp3) is 0.364. The summed E-state index contributed by atoms with van der Waals surface area (Å²) in [6.45, 7) is 4.90. The van der Waals surface area contributed by atoms with Gasteiger partial charge in [-0.25, -0.2) is 14.2 Å². The van der Waals surface area contributed by atoms with Gasteiger partial charge in [-0.15, -0.1) is 0 Å². The zero-order valence-electron chi connectivity index (χ0n) is 24.0. The molecule has 2 saturated heterocycles. The van der Waals surface area contributed by atoms with E-state index in [1.165, 1.54) is 18.9 Å². The Kier molecular flexibility index (Phi) is 7.21. The lowest BCUT2D eigenvalue weighted by molar-refractivity contribution is -0.0592. The number of fused-ring (bicyclic) bond motifs is 4. The van der Waals surface area contributed by atoms with Crippen molar-refractivity contribution in [2.24, 2.45) is 0 Å². The zero-order chi connectivity index (χ0) is 29.5. The number of piperazine rings is 1. The summed E-state index contributed by atoms with van der Waals surface area (Å²) in [5, 5.41) is 9.02. The van der Waals surface area contributed by atoms with E-state index in [0.717, 1.165) is 67.3 Å². The average Bonchev–Trinajstić information content (AvgIpc) is 3.54. The summed E-state index contributed by atoms with van der Waals surface area (Å²) in [5.74, 6) is 0.936. The van der Waals surface area contributed by atoms with Gasteiger partial charge < -0.3 is 23.7 Å². The molecule has 0 amide bonds. The van der Waals surface area contributed by atoms with E-state index in [-0.39, 0.29) is 18.7 Å². The van der Waals surface area contributed by atoms with Gasteiger partial charge in [0.2, 0.25) is 0 Å². The maximum absolute atomic E-state index is 14.5. The SMILES string of the molecule is COC(=O)c1ccc2nc(CN3CCN4c5cccc(OCc6ccc(C#N)cc6F)c5CC4C3)n(C[C@@H]3CCO3)c2c1. The number of nitrogens with zero attached hydrogens (tertiary/aromatic N) is 5. The maximum atomic E-state index is 14.5. The number of hydrogen-bond acceptors (Lipinski definition) is 8. The number of esters is 1. The van der Waals surface area contributed by atoms with Crippen LogP contribution in [-0.2, 0) is 35.6 Å². The van der Waals surface area contributed by atoms with Gasteiger partial charge in [0, 0.05) is 49.1 Å². The second kappa shape index (κ2) is 11.3. The molecule has 220 valence electrons. The van der Waals surface area contributed by atoms with Crippen LogP contribution in [0, 0.1) is 17.1 Å². The summed E-state index contributed by atoms with van der Waals surface area (Å²) < 4.78 is 33.5. The van der Waals surface area contributed by atoms with Gasteiger partial charge in [-0.1, -0.05) is 12.1 Å². The van der Waals surface area contributed by atoms with Crippen molar-refractivity contribution in [1.82, 2.24) is 14.5 Å². The van der Waals surface area contributed by atoms with Gasteiger partial charge in [-0.05, 0) is 55.3 Å². The Hall–Kier alpha value is -4.46. The van der Waals surface area contributed by atoms with Gasteiger partial charge in [0.25, 0.3) is 0 Å². The normalized spacial score (nSPS) is 19.4. The lowest BCUT2D eigenvalue weighted by atomic mass is 10.1. The third-order valence-electron chi connectivity index (χ3n) is 8.78. The number of carbonyl (C=O) groups excluding carboxylic acids is 1. The monoisotopic (exact) mass is 581 g/mol. The Labute approximate surface area is 249 Å². The fourth-order valence-corrected chi connectivity index (χ4v) is 6.42. The van der Waals surface area contributed by atoms with E-state index in [2.05, 4.69) is 20.4 Å². The van der Waals surface area contributed by atoms with E-state index < -0.39 is 5.82 Å². The first-order valence-corrected chi connectivity index (χ1v) is 14.6. The highest BCUT2D eigenvalue weighted by Crippen LogP contribution is 2.40. The fourth-order valence-electron chi connectivity index (χ4n) is 6.42. The van der Waals surface area contributed by atoms with E-state index in [0.29, 0.717) is 35.8 Å². The van der Waals surface area contributed by atoms with Gasteiger partial charge in [0.15, 0.2) is 0 Å². The van der Waals surface area contributed by atoms with Crippen LogP contribution in [0.3, 0.4) is 0 Å². The zero-order valence-corrected chi connectivity index (χ0v) is 24.0. The van der Waals surface area contributed by atoms with Crippen molar-refractivity contribution < 1.29 is 23.4 Å². The summed E-state index contributed by atoms with van der Waals surface area (Å²) in [5.41, 5.74) is 5.32. The van der Waals surface area contributed by atoms with Crippen LogP contribution < -0.4 is 9.64 Å². The molecular formula is C33H32FN5O4. The number of ether oxygens (including phenoxy) is 3. The third kappa shape index (κ3) is 5.19. The Morgan fingerprint density at radius 2 is 2.07 bits per heavy atom. The summed E-state index contributed by atoms with van der Waals surface area (Å²) >= 11 is 0. The van der Waals surface area contributed by atoms with Crippen LogP contribution >= 0.6 is 0 Å². The van der Waals surface area contributed by atoms with Gasteiger partial charge in [-0.3, -0.25) is 4.90 Å². The van der Waals surface area contributed by atoms with Crippen molar-refractivity contribution in [1.29, 1.82) is 5.26 Å². The molecule has 10 heteroatoms. The van der Waals surface area contributed by atoms with E-state index in [9.17, 15) is 9.18 Å². The summed E-state index contributed by atoms with van der Waals surface area (Å²) in [7, 11) is 1.39. The minimum absolute atomic E-state index is 0.101. The van der Waals surface area contributed by atoms with Crippen molar-refractivity contribution >= 4 is 22.7 Å². The molecule has 3 aromatic carbocycles. The number of aromatic nitrogens is 2. The first-order chi connectivity index (χ1) is 21.0. The smallest absolute Gasteiger partial charge is 0.337 e. The van der Waals surface area contributed by atoms with Crippen LogP contribution in [0.15, 0.2) is 54.6 Å². The quantitative estimate of drug-likeness (QED) is 0.282. The predicted molar refractivity (Wildman–Crippen MR) is 157 cm³/mol. The summed E-state index contributed by atoms with van der Waals surface area (Å²) in [6.07, 6.45) is 2.00. The van der Waals surface area contributed by atoms with Crippen molar-refractivity contribution in [3.63, 3.8) is 0 Å².